The van der Waals surface area contributed by atoms with Crippen LogP contribution in [0, 0.1) is 5.41 Å². The molecule has 1 aromatic carbocycles. The lowest BCUT2D eigenvalue weighted by atomic mass is 9.93. The predicted molar refractivity (Wildman–Crippen MR) is 63.7 cm³/mol. The molecule has 0 aliphatic heterocycles. The van der Waals surface area contributed by atoms with Crippen molar-refractivity contribution in [3.63, 3.8) is 0 Å². The molecule has 15 heavy (non-hydrogen) atoms. The lowest BCUT2D eigenvalue weighted by molar-refractivity contribution is 0.389. The van der Waals surface area contributed by atoms with Crippen molar-refractivity contribution in [1.82, 2.24) is 0 Å². The maximum Gasteiger partial charge on any atom is 0.0680 e. The van der Waals surface area contributed by atoms with E-state index in [4.69, 9.17) is 5.21 Å². The van der Waals surface area contributed by atoms with Crippen LogP contribution in [-0.2, 0) is 0 Å². The molecule has 0 unspecified atom stereocenters. The number of benzene rings is 1. The van der Waals surface area contributed by atoms with E-state index in [1.54, 1.807) is 0 Å². The molecule has 0 fully saturated rings. The van der Waals surface area contributed by atoms with E-state index in [1.807, 2.05) is 24.3 Å². The zero-order valence-electron chi connectivity index (χ0n) is 8.99. The van der Waals surface area contributed by atoms with Crippen molar-refractivity contribution in [2.45, 2.75) is 13.8 Å². The first kappa shape index (κ1) is 9.99. The average molecular weight is 201 g/mol. The Morgan fingerprint density at radius 1 is 1.13 bits per heavy atom. The summed E-state index contributed by atoms with van der Waals surface area (Å²) in [6, 6.07) is 5.82. The van der Waals surface area contributed by atoms with Crippen molar-refractivity contribution >= 4 is 17.8 Å². The lowest BCUT2D eigenvalue weighted by Crippen LogP contribution is -2.00. The fraction of sp³-hybridized carbons (Fsp3) is 0.231. The van der Waals surface area contributed by atoms with Crippen molar-refractivity contribution in [3.05, 3.63) is 41.5 Å². The van der Waals surface area contributed by atoms with Crippen molar-refractivity contribution < 1.29 is 5.21 Å². The van der Waals surface area contributed by atoms with Crippen LogP contribution in [0.1, 0.15) is 25.0 Å². The summed E-state index contributed by atoms with van der Waals surface area (Å²) in [5.74, 6) is 0. The molecular weight excluding hydrogens is 186 g/mol. The first-order valence-electron chi connectivity index (χ1n) is 5.04. The number of fused-ring (bicyclic) bond motifs is 1. The number of rotatable bonds is 1. The third kappa shape index (κ3) is 1.95. The molecule has 1 aliphatic rings. The largest absolute Gasteiger partial charge is 0.291 e. The third-order valence-corrected chi connectivity index (χ3v) is 2.63. The van der Waals surface area contributed by atoms with E-state index in [-0.39, 0.29) is 5.41 Å². The van der Waals surface area contributed by atoms with Gasteiger partial charge in [-0.1, -0.05) is 50.3 Å². The Balaban J connectivity index is 2.57. The summed E-state index contributed by atoms with van der Waals surface area (Å²) in [5.41, 5.74) is 5.18. The first-order valence-corrected chi connectivity index (χ1v) is 5.04. The molecule has 0 atom stereocenters. The standard InChI is InChI=1S/C13H15NO/c1-13(2)8-6-10-4-3-5-12(14-15)11(10)7-9-13/h3-9,14-15H,1-2H3. The summed E-state index contributed by atoms with van der Waals surface area (Å²) in [6.45, 7) is 4.30. The van der Waals surface area contributed by atoms with Crippen LogP contribution in [-0.4, -0.2) is 5.21 Å². The van der Waals surface area contributed by atoms with Gasteiger partial charge in [-0.25, -0.2) is 0 Å². The van der Waals surface area contributed by atoms with Crippen LogP contribution in [0.25, 0.3) is 12.2 Å². The van der Waals surface area contributed by atoms with Crippen LogP contribution in [0.15, 0.2) is 30.4 Å². The van der Waals surface area contributed by atoms with Gasteiger partial charge in [0.25, 0.3) is 0 Å². The molecule has 0 heterocycles. The highest BCUT2D eigenvalue weighted by Crippen LogP contribution is 2.30. The molecule has 0 aromatic heterocycles. The first-order chi connectivity index (χ1) is 7.12. The lowest BCUT2D eigenvalue weighted by Gasteiger charge is -2.12. The molecule has 78 valence electrons. The van der Waals surface area contributed by atoms with Crippen LogP contribution in [0.2, 0.25) is 0 Å². The number of nitrogens with one attached hydrogen (secondary N) is 1. The van der Waals surface area contributed by atoms with Gasteiger partial charge >= 0.3 is 0 Å². The predicted octanol–water partition coefficient (Wildman–Crippen LogP) is 3.55. The number of allylic oxidation sites excluding steroid dienone is 2. The topological polar surface area (TPSA) is 32.3 Å². The third-order valence-electron chi connectivity index (χ3n) is 2.63. The Hall–Kier alpha value is -1.54. The summed E-state index contributed by atoms with van der Waals surface area (Å²) in [6.07, 6.45) is 8.44. The monoisotopic (exact) mass is 201 g/mol. The van der Waals surface area contributed by atoms with E-state index in [2.05, 4.69) is 37.6 Å². The van der Waals surface area contributed by atoms with Crippen LogP contribution in [0.4, 0.5) is 5.69 Å². The molecule has 0 radical (unpaired) electrons. The highest BCUT2D eigenvalue weighted by molar-refractivity contribution is 5.77. The van der Waals surface area contributed by atoms with E-state index in [0.717, 1.165) is 16.8 Å². The zero-order valence-corrected chi connectivity index (χ0v) is 8.99. The highest BCUT2D eigenvalue weighted by Gasteiger charge is 2.13. The van der Waals surface area contributed by atoms with Gasteiger partial charge in [-0.05, 0) is 11.6 Å². The molecule has 1 aliphatic carbocycles. The summed E-state index contributed by atoms with van der Waals surface area (Å²) in [5, 5.41) is 9.01. The van der Waals surface area contributed by atoms with Gasteiger partial charge in [0.15, 0.2) is 0 Å². The van der Waals surface area contributed by atoms with Crippen molar-refractivity contribution in [2.24, 2.45) is 5.41 Å². The van der Waals surface area contributed by atoms with Crippen LogP contribution >= 0.6 is 0 Å². The van der Waals surface area contributed by atoms with Crippen molar-refractivity contribution in [3.8, 4) is 0 Å². The number of anilines is 1. The minimum absolute atomic E-state index is 0.0613. The molecule has 2 nitrogen and oxygen atoms in total. The van der Waals surface area contributed by atoms with Gasteiger partial charge in [0.05, 0.1) is 5.69 Å². The molecule has 0 saturated carbocycles. The fourth-order valence-electron chi connectivity index (χ4n) is 1.67. The van der Waals surface area contributed by atoms with Gasteiger partial charge < -0.3 is 0 Å². The second-order valence-corrected chi connectivity index (χ2v) is 4.41. The summed E-state index contributed by atoms with van der Waals surface area (Å²) >= 11 is 0. The Morgan fingerprint density at radius 2 is 1.87 bits per heavy atom. The van der Waals surface area contributed by atoms with E-state index in [0.29, 0.717) is 0 Å². The van der Waals surface area contributed by atoms with Gasteiger partial charge in [0.1, 0.15) is 0 Å². The highest BCUT2D eigenvalue weighted by atomic mass is 16.5. The van der Waals surface area contributed by atoms with E-state index in [1.165, 1.54) is 0 Å². The molecule has 0 spiro atoms. The maximum atomic E-state index is 9.01. The van der Waals surface area contributed by atoms with Gasteiger partial charge in [-0.2, -0.15) is 0 Å². The minimum atomic E-state index is 0.0613. The molecule has 0 bridgehead atoms. The molecule has 1 aromatic rings. The van der Waals surface area contributed by atoms with Crippen molar-refractivity contribution in [1.29, 1.82) is 0 Å². The molecule has 2 N–H and O–H groups in total. The molecule has 0 saturated heterocycles. The van der Waals surface area contributed by atoms with Gasteiger partial charge in [0.2, 0.25) is 0 Å². The normalized spacial score (nSPS) is 17.0. The van der Waals surface area contributed by atoms with E-state index in [9.17, 15) is 0 Å². The Kier molecular flexibility index (Phi) is 2.37. The Bertz CT molecular complexity index is 430. The molecule has 0 amide bonds. The van der Waals surface area contributed by atoms with Crippen LogP contribution < -0.4 is 5.48 Å². The SMILES string of the molecule is CC1(C)C=Cc2cccc(NO)c2C=C1. The van der Waals surface area contributed by atoms with E-state index >= 15 is 0 Å². The van der Waals surface area contributed by atoms with Gasteiger partial charge in [0, 0.05) is 11.0 Å². The minimum Gasteiger partial charge on any atom is -0.291 e. The van der Waals surface area contributed by atoms with Gasteiger partial charge in [-0.3, -0.25) is 10.7 Å². The second-order valence-electron chi connectivity index (χ2n) is 4.41. The van der Waals surface area contributed by atoms with Crippen LogP contribution in [0.5, 0.6) is 0 Å². The maximum absolute atomic E-state index is 9.01. The Morgan fingerprint density at radius 3 is 2.60 bits per heavy atom. The van der Waals surface area contributed by atoms with Crippen molar-refractivity contribution in [2.75, 3.05) is 5.48 Å². The fourth-order valence-corrected chi connectivity index (χ4v) is 1.67. The second kappa shape index (κ2) is 3.55. The van der Waals surface area contributed by atoms with Gasteiger partial charge in [-0.15, -0.1) is 0 Å². The summed E-state index contributed by atoms with van der Waals surface area (Å²) in [7, 11) is 0. The van der Waals surface area contributed by atoms with Crippen LogP contribution in [0.3, 0.4) is 0 Å². The van der Waals surface area contributed by atoms with E-state index < -0.39 is 0 Å². The number of hydrogen-bond donors (Lipinski definition) is 2. The molecular formula is C13H15NO. The molecule has 2 heteroatoms. The zero-order chi connectivity index (χ0) is 10.9. The summed E-state index contributed by atoms with van der Waals surface area (Å²) in [4.78, 5) is 0. The molecule has 2 rings (SSSR count). The average Bonchev–Trinajstić information content (AvgIpc) is 2.38. The number of hydrogen-bond acceptors (Lipinski definition) is 2. The summed E-state index contributed by atoms with van der Waals surface area (Å²) < 4.78 is 0. The Labute approximate surface area is 89.9 Å². The quantitative estimate of drug-likeness (QED) is 0.681. The smallest absolute Gasteiger partial charge is 0.0680 e.